The number of hydrogen-bond acceptors (Lipinski definition) is 10. The quantitative estimate of drug-likeness (QED) is 0.0983. The van der Waals surface area contributed by atoms with E-state index in [0.29, 0.717) is 57.2 Å². The van der Waals surface area contributed by atoms with Gasteiger partial charge in [-0.15, -0.1) is 0 Å². The number of aryl methyl sites for hydroxylation is 1. The van der Waals surface area contributed by atoms with Crippen molar-refractivity contribution in [1.29, 1.82) is 0 Å². The van der Waals surface area contributed by atoms with E-state index in [2.05, 4.69) is 73.4 Å². The van der Waals surface area contributed by atoms with E-state index in [1.54, 1.807) is 19.2 Å². The molecule has 4 atom stereocenters. The van der Waals surface area contributed by atoms with Crippen LogP contribution < -0.4 is 16.1 Å². The van der Waals surface area contributed by atoms with E-state index in [-0.39, 0.29) is 60.2 Å². The lowest BCUT2D eigenvalue weighted by Gasteiger charge is -2.40. The van der Waals surface area contributed by atoms with Gasteiger partial charge in [0.05, 0.1) is 24.0 Å². The molecule has 8 rings (SSSR count). The number of esters is 1. The number of pyridine rings is 1. The van der Waals surface area contributed by atoms with Crippen LogP contribution in [0, 0.1) is 23.2 Å². The molecule has 4 aliphatic rings. The fraction of sp³-hybridized carbons (Fsp3) is 0.538. The smallest absolute Gasteiger partial charge is 0.324 e. The molecule has 6 bridgehead atoms. The molecule has 4 N–H and O–H groups in total. The fourth-order valence-electron chi connectivity index (χ4n) is 10.5. The van der Waals surface area contributed by atoms with Gasteiger partial charge in [-0.3, -0.25) is 34.0 Å². The van der Waals surface area contributed by atoms with Crippen LogP contribution in [0.4, 0.5) is 0 Å². The Hall–Kier alpha value is -5.60. The van der Waals surface area contributed by atoms with Gasteiger partial charge in [0.2, 0.25) is 11.8 Å². The topological polar surface area (TPSA) is 185 Å². The van der Waals surface area contributed by atoms with Crippen molar-refractivity contribution in [2.24, 2.45) is 23.2 Å². The zero-order valence-electron chi connectivity index (χ0n) is 39.8. The summed E-state index contributed by atoms with van der Waals surface area (Å²) < 4.78 is 8.46. The first-order chi connectivity index (χ1) is 31.4. The third kappa shape index (κ3) is 9.76. The summed E-state index contributed by atoms with van der Waals surface area (Å²) in [5.74, 6) is -1.60. The molecular weight excluding hydrogens is 835 g/mol. The van der Waals surface area contributed by atoms with Gasteiger partial charge in [-0.25, -0.2) is 5.43 Å². The third-order valence-corrected chi connectivity index (χ3v) is 14.0. The van der Waals surface area contributed by atoms with Crippen LogP contribution in [0.3, 0.4) is 0 Å². The number of cyclic esters (lactones) is 1. The summed E-state index contributed by atoms with van der Waals surface area (Å²) in [4.78, 5) is 75.7. The number of phenols is 1. The molecule has 0 radical (unpaired) electrons. The van der Waals surface area contributed by atoms with Crippen molar-refractivity contribution in [3.63, 3.8) is 0 Å². The molecule has 352 valence electrons. The molecule has 0 unspecified atom stereocenters. The first-order valence-corrected chi connectivity index (χ1v) is 23.9. The summed E-state index contributed by atoms with van der Waals surface area (Å²) in [6.07, 6.45) is 5.08. The van der Waals surface area contributed by atoms with Gasteiger partial charge in [-0.1, -0.05) is 53.7 Å². The lowest BCUT2D eigenvalue weighted by Crippen LogP contribution is -2.62. The molecule has 66 heavy (non-hydrogen) atoms. The Morgan fingerprint density at radius 2 is 1.80 bits per heavy atom. The minimum atomic E-state index is -1.13. The molecule has 0 spiro atoms. The van der Waals surface area contributed by atoms with Crippen molar-refractivity contribution >= 4 is 40.4 Å². The number of likely N-dealkylation sites (N-methyl/N-ethyl adjacent to an activating group) is 1. The van der Waals surface area contributed by atoms with Gasteiger partial charge in [0.25, 0.3) is 5.91 Å². The predicted molar refractivity (Wildman–Crippen MR) is 253 cm³/mol. The van der Waals surface area contributed by atoms with Crippen LogP contribution in [-0.4, -0.2) is 105 Å². The zero-order valence-corrected chi connectivity index (χ0v) is 39.8. The van der Waals surface area contributed by atoms with Crippen molar-refractivity contribution in [3.05, 3.63) is 71.5 Å². The normalized spacial score (nSPS) is 23.5. The van der Waals surface area contributed by atoms with Gasteiger partial charge in [-0.05, 0) is 115 Å². The van der Waals surface area contributed by atoms with Gasteiger partial charge in [0.1, 0.15) is 23.9 Å². The van der Waals surface area contributed by atoms with Crippen LogP contribution in [0.2, 0.25) is 0 Å². The highest BCUT2D eigenvalue weighted by Crippen LogP contribution is 2.43. The van der Waals surface area contributed by atoms with Crippen LogP contribution in [0.1, 0.15) is 103 Å². The first kappa shape index (κ1) is 46.9. The van der Waals surface area contributed by atoms with E-state index in [9.17, 15) is 29.1 Å². The Morgan fingerprint density at radius 1 is 1.05 bits per heavy atom. The number of Topliss-reactive ketones (excluding diaryl/α,β-unsaturated/α-hetero) is 1. The summed E-state index contributed by atoms with van der Waals surface area (Å²) in [5.41, 5.74) is 10.2. The number of nitrogens with zero attached hydrogens (tertiary/aromatic N) is 4. The number of carbonyl (C=O) groups excluding carboxylic acids is 5. The molecule has 2 saturated heterocycles. The molecule has 1 saturated carbocycles. The molecule has 3 aliphatic heterocycles. The lowest BCUT2D eigenvalue weighted by molar-refractivity contribution is -0.155. The van der Waals surface area contributed by atoms with E-state index in [4.69, 9.17) is 9.72 Å². The second-order valence-corrected chi connectivity index (χ2v) is 20.6. The molecule has 14 heteroatoms. The molecule has 3 amide bonds. The molecule has 2 aromatic heterocycles. The van der Waals surface area contributed by atoms with Gasteiger partial charge in [-0.2, -0.15) is 0 Å². The Morgan fingerprint density at radius 3 is 2.50 bits per heavy atom. The van der Waals surface area contributed by atoms with Crippen molar-refractivity contribution in [2.75, 3.05) is 26.7 Å². The van der Waals surface area contributed by atoms with Crippen molar-refractivity contribution in [1.82, 2.24) is 35.5 Å². The number of nitrogens with one attached hydrogen (secondary N) is 3. The monoisotopic (exact) mass is 902 g/mol. The van der Waals surface area contributed by atoms with Gasteiger partial charge in [0.15, 0.2) is 5.78 Å². The number of ether oxygens (including phenoxy) is 1. The van der Waals surface area contributed by atoms with Crippen molar-refractivity contribution in [3.8, 4) is 28.1 Å². The number of amides is 3. The molecule has 5 heterocycles. The van der Waals surface area contributed by atoms with Gasteiger partial charge >= 0.3 is 5.97 Å². The Bertz CT molecular complexity index is 2520. The largest absolute Gasteiger partial charge is 0.508 e. The summed E-state index contributed by atoms with van der Waals surface area (Å²) in [5, 5.41) is 19.9. The Labute approximate surface area is 388 Å². The Kier molecular flexibility index (Phi) is 13.5. The number of hydrogen-bond donors (Lipinski definition) is 4. The number of aromatic nitrogens is 2. The standard InChI is InChI=1S/C52H67N7O7/c1-9-58-43-15-14-33-25-38(43)39(47(58)37-12-10-16-53-45(37)29(2)3)26-52(6,7)28-66-51(65)40-13-11-17-59(56-40)50(64)41(22-32-18-34(33)24-36(60)21-32)55-48(62)46(30(4)5)57(8)49(63)35-19-31(20-35)23-44(61)42-27-54-42/h10,12,14-16,18,21,24-25,29-31,35,40-42,46,54,56,60H,9,11,13,17,19-20,22-23,26-28H2,1-8H3,(H,55,62)/t31?,35?,40-,41-,42+,46-/m0/s1. The summed E-state index contributed by atoms with van der Waals surface area (Å²) in [6, 6.07) is 12.9. The number of aromatic hydroxyl groups is 1. The van der Waals surface area contributed by atoms with E-state index in [1.807, 2.05) is 38.2 Å². The number of rotatable bonds is 11. The van der Waals surface area contributed by atoms with E-state index < -0.39 is 41.3 Å². The molecule has 3 fully saturated rings. The summed E-state index contributed by atoms with van der Waals surface area (Å²) >= 11 is 0. The van der Waals surface area contributed by atoms with Crippen LogP contribution in [0.15, 0.2) is 54.7 Å². The third-order valence-electron chi connectivity index (χ3n) is 14.0. The minimum absolute atomic E-state index is 0.0119. The SMILES string of the molecule is CCn1c(-c2cccnc2C(C)C)c2c3cc(ccc31)-c1cc(O)cc(c1)C[C@H](NC(=O)[C@H](C(C)C)N(C)C(=O)C1CC(CC(=O)[C@H]3CN3)C1)C(=O)N1CCC[C@H](N1)C(=O)OCC(C)(C)C2. The maximum absolute atomic E-state index is 14.7. The van der Waals surface area contributed by atoms with Crippen molar-refractivity contribution < 1.29 is 33.8 Å². The summed E-state index contributed by atoms with van der Waals surface area (Å²) in [6.45, 7) is 16.2. The van der Waals surface area contributed by atoms with Crippen LogP contribution in [0.25, 0.3) is 33.3 Å². The first-order valence-electron chi connectivity index (χ1n) is 23.9. The number of phenolic OH excluding ortho intramolecular Hbond substituents is 1. The zero-order chi connectivity index (χ0) is 47.2. The molecule has 14 nitrogen and oxygen atoms in total. The highest BCUT2D eigenvalue weighted by atomic mass is 16.5. The van der Waals surface area contributed by atoms with Crippen LogP contribution in [-0.2, 0) is 48.1 Å². The second kappa shape index (κ2) is 18.9. The van der Waals surface area contributed by atoms with Crippen LogP contribution >= 0.6 is 0 Å². The minimum Gasteiger partial charge on any atom is -0.508 e. The van der Waals surface area contributed by atoms with E-state index in [1.165, 1.54) is 9.91 Å². The predicted octanol–water partition coefficient (Wildman–Crippen LogP) is 6.31. The van der Waals surface area contributed by atoms with Crippen molar-refractivity contribution in [2.45, 2.75) is 130 Å². The summed E-state index contributed by atoms with van der Waals surface area (Å²) in [7, 11) is 1.63. The fourth-order valence-corrected chi connectivity index (χ4v) is 10.5. The molecular formula is C52H67N7O7. The number of ketones is 1. The molecule has 2 aromatic carbocycles. The average Bonchev–Trinajstić information content (AvgIpc) is 4.08. The maximum Gasteiger partial charge on any atom is 0.324 e. The Balaban J connectivity index is 1.16. The molecule has 4 aromatic rings. The number of hydrazine groups is 1. The van der Waals surface area contributed by atoms with Gasteiger partial charge < -0.3 is 29.9 Å². The van der Waals surface area contributed by atoms with Crippen LogP contribution in [0.5, 0.6) is 5.75 Å². The highest BCUT2D eigenvalue weighted by Gasteiger charge is 2.43. The average molecular weight is 902 g/mol. The number of carbonyl (C=O) groups is 5. The lowest BCUT2D eigenvalue weighted by atomic mass is 9.71. The number of fused-ring (bicyclic) bond motifs is 6. The highest BCUT2D eigenvalue weighted by molar-refractivity contribution is 5.96. The second-order valence-electron chi connectivity index (χ2n) is 20.6. The maximum atomic E-state index is 14.7. The molecule has 1 aliphatic carbocycles. The van der Waals surface area contributed by atoms with E-state index in [0.717, 1.165) is 51.1 Å². The number of benzene rings is 2. The van der Waals surface area contributed by atoms with Gasteiger partial charge in [0, 0.05) is 73.5 Å². The van der Waals surface area contributed by atoms with E-state index >= 15 is 0 Å².